The molecular formula is C36H40N4O7. The number of aryl methyl sites for hydroxylation is 2. The lowest BCUT2D eigenvalue weighted by molar-refractivity contribution is -0.131. The summed E-state index contributed by atoms with van der Waals surface area (Å²) in [6.45, 7) is 0.665. The highest BCUT2D eigenvalue weighted by molar-refractivity contribution is 5.83. The molecule has 1 fully saturated rings. The predicted molar refractivity (Wildman–Crippen MR) is 176 cm³/mol. The van der Waals surface area contributed by atoms with Crippen LogP contribution in [0.3, 0.4) is 0 Å². The number of nitrogens with one attached hydrogen (secondary N) is 3. The Balaban J connectivity index is 1.18. The van der Waals surface area contributed by atoms with Gasteiger partial charge in [-0.2, -0.15) is 0 Å². The first kappa shape index (κ1) is 31.8. The van der Waals surface area contributed by atoms with E-state index < -0.39 is 12.1 Å². The van der Waals surface area contributed by atoms with Gasteiger partial charge in [0.2, 0.25) is 11.8 Å². The number of hydrogen-bond donors (Lipinski definition) is 3. The average molecular weight is 641 g/mol. The summed E-state index contributed by atoms with van der Waals surface area (Å²) in [5.41, 5.74) is 3.97. The van der Waals surface area contributed by atoms with Crippen LogP contribution in [0.4, 0.5) is 0 Å². The Morgan fingerprint density at radius 3 is 2.66 bits per heavy atom. The van der Waals surface area contributed by atoms with Gasteiger partial charge in [-0.3, -0.25) is 14.4 Å². The van der Waals surface area contributed by atoms with E-state index in [-0.39, 0.29) is 30.7 Å². The number of aromatic amines is 1. The van der Waals surface area contributed by atoms with Gasteiger partial charge in [-0.25, -0.2) is 0 Å². The summed E-state index contributed by atoms with van der Waals surface area (Å²) in [6, 6.07) is 18.5. The zero-order valence-corrected chi connectivity index (χ0v) is 26.7. The first-order valence-electron chi connectivity index (χ1n) is 15.9. The average Bonchev–Trinajstić information content (AvgIpc) is 3.69. The third-order valence-electron chi connectivity index (χ3n) is 8.73. The number of carbonyl (C=O) groups excluding carboxylic acids is 3. The molecule has 11 nitrogen and oxygen atoms in total. The summed E-state index contributed by atoms with van der Waals surface area (Å²) < 4.78 is 23.3. The van der Waals surface area contributed by atoms with E-state index in [4.69, 9.17) is 18.9 Å². The zero-order valence-electron chi connectivity index (χ0n) is 26.7. The number of nitrogens with zero attached hydrogens (tertiary/aromatic N) is 1. The van der Waals surface area contributed by atoms with Gasteiger partial charge in [-0.15, -0.1) is 0 Å². The van der Waals surface area contributed by atoms with Crippen molar-refractivity contribution in [3.8, 4) is 23.0 Å². The summed E-state index contributed by atoms with van der Waals surface area (Å²) in [7, 11) is 3.09. The second-order valence-electron chi connectivity index (χ2n) is 11.9. The molecule has 5 aliphatic rings. The van der Waals surface area contributed by atoms with Gasteiger partial charge in [0.15, 0.2) is 18.1 Å². The van der Waals surface area contributed by atoms with Crippen molar-refractivity contribution in [3.63, 3.8) is 0 Å². The van der Waals surface area contributed by atoms with Crippen molar-refractivity contribution >= 4 is 28.6 Å². The summed E-state index contributed by atoms with van der Waals surface area (Å²) in [4.78, 5) is 44.3. The number of para-hydroxylation sites is 1. The first-order valence-corrected chi connectivity index (χ1v) is 15.9. The summed E-state index contributed by atoms with van der Waals surface area (Å²) in [6.07, 6.45) is 4.14. The Hall–Kier alpha value is -5.19. The Morgan fingerprint density at radius 1 is 0.957 bits per heavy atom. The molecule has 9 rings (SSSR count). The largest absolute Gasteiger partial charge is 0.496 e. The Bertz CT molecular complexity index is 1750. The number of H-pyrrole nitrogens is 1. The summed E-state index contributed by atoms with van der Waals surface area (Å²) in [5.74, 6) is 1.55. The van der Waals surface area contributed by atoms with Gasteiger partial charge >= 0.3 is 0 Å². The standard InChI is InChI=1S/C36H40N4O7/c1-44-31-17-26-13-12-25(31)19-38-34(41)15-11-23-10-14-30(32(16-23)45-2)46-22-35(42)39-29-20-40(21-33(29)47-26)36(43)9-5-6-24-18-37-28-8-4-3-7-27(24)28/h3-4,7-8,10,12-14,16-18,29,33,37H,5-6,9,11,15,19-22H2,1-2H3,(H,38,41)(H,39,42)/t29-,33-/m1/s1. The van der Waals surface area contributed by atoms with Gasteiger partial charge in [0.1, 0.15) is 17.6 Å². The molecule has 2 atom stereocenters. The van der Waals surface area contributed by atoms with Crippen molar-refractivity contribution in [2.75, 3.05) is 33.9 Å². The van der Waals surface area contributed by atoms with E-state index in [1.165, 1.54) is 18.1 Å². The lowest BCUT2D eigenvalue weighted by Crippen LogP contribution is -2.46. The summed E-state index contributed by atoms with van der Waals surface area (Å²) in [5, 5.41) is 7.16. The van der Waals surface area contributed by atoms with E-state index >= 15 is 0 Å². The number of carbonyl (C=O) groups is 3. The minimum absolute atomic E-state index is 0.00505. The van der Waals surface area contributed by atoms with Crippen molar-refractivity contribution in [3.05, 3.63) is 83.6 Å². The van der Waals surface area contributed by atoms with Gasteiger partial charge in [-0.05, 0) is 60.7 Å². The van der Waals surface area contributed by atoms with Gasteiger partial charge in [0.05, 0.1) is 26.8 Å². The third kappa shape index (κ3) is 7.62. The van der Waals surface area contributed by atoms with Crippen LogP contribution in [0.1, 0.15) is 36.0 Å². The molecule has 0 radical (unpaired) electrons. The van der Waals surface area contributed by atoms with Crippen LogP contribution in [0.25, 0.3) is 10.9 Å². The number of benzene rings is 3. The van der Waals surface area contributed by atoms with Crippen molar-refractivity contribution in [2.24, 2.45) is 0 Å². The molecule has 5 aliphatic heterocycles. The highest BCUT2D eigenvalue weighted by Gasteiger charge is 2.38. The van der Waals surface area contributed by atoms with Crippen molar-refractivity contribution < 1.29 is 33.3 Å². The van der Waals surface area contributed by atoms with Crippen LogP contribution in [0.2, 0.25) is 0 Å². The smallest absolute Gasteiger partial charge is 0.258 e. The number of methoxy groups -OCH3 is 2. The lowest BCUT2D eigenvalue weighted by atomic mass is 10.1. The molecule has 4 aromatic rings. The minimum Gasteiger partial charge on any atom is -0.496 e. The fourth-order valence-electron chi connectivity index (χ4n) is 6.20. The Kier molecular flexibility index (Phi) is 9.80. The molecule has 0 spiro atoms. The van der Waals surface area contributed by atoms with Crippen LogP contribution >= 0.6 is 0 Å². The van der Waals surface area contributed by atoms with Crippen LogP contribution < -0.4 is 29.6 Å². The number of hydrogen-bond acceptors (Lipinski definition) is 7. The molecule has 0 unspecified atom stereocenters. The predicted octanol–water partition coefficient (Wildman–Crippen LogP) is 3.92. The maximum Gasteiger partial charge on any atom is 0.258 e. The van der Waals surface area contributed by atoms with Crippen LogP contribution in [-0.4, -0.2) is 73.7 Å². The normalized spacial score (nSPS) is 18.6. The second-order valence-corrected chi connectivity index (χ2v) is 11.9. The highest BCUT2D eigenvalue weighted by Crippen LogP contribution is 2.30. The van der Waals surface area contributed by atoms with Crippen LogP contribution in [0.15, 0.2) is 66.9 Å². The molecule has 1 saturated heterocycles. The minimum atomic E-state index is -0.508. The van der Waals surface area contributed by atoms with Crippen molar-refractivity contribution in [2.45, 2.75) is 50.8 Å². The molecule has 6 heterocycles. The third-order valence-corrected chi connectivity index (χ3v) is 8.73. The van der Waals surface area contributed by atoms with E-state index in [2.05, 4.69) is 21.7 Å². The Morgan fingerprint density at radius 2 is 1.81 bits per heavy atom. The molecule has 0 aliphatic carbocycles. The molecule has 3 amide bonds. The molecule has 1 aromatic heterocycles. The van der Waals surface area contributed by atoms with E-state index in [0.717, 1.165) is 23.1 Å². The number of rotatable bonds is 6. The number of likely N-dealkylation sites (tertiary alicyclic amines) is 1. The maximum absolute atomic E-state index is 13.4. The molecule has 3 aromatic carbocycles. The highest BCUT2D eigenvalue weighted by atomic mass is 16.5. The molecule has 3 N–H and O–H groups in total. The van der Waals surface area contributed by atoms with Crippen LogP contribution in [0, 0.1) is 0 Å². The SMILES string of the molecule is COc1cc2ccc1CNC(=O)CCc1ccc(c(OC)c1)OCC(=O)N[C@@H]1CN(C(=O)CCCc3c[nH]c4ccccc34)C[C@H]1O2. The molecule has 4 bridgehead atoms. The maximum atomic E-state index is 13.4. The molecular weight excluding hydrogens is 600 g/mol. The van der Waals surface area contributed by atoms with Crippen molar-refractivity contribution in [1.29, 1.82) is 0 Å². The zero-order chi connectivity index (χ0) is 32.8. The van der Waals surface area contributed by atoms with Crippen LogP contribution in [-0.2, 0) is 33.8 Å². The molecule has 246 valence electrons. The van der Waals surface area contributed by atoms with Gasteiger partial charge < -0.3 is 39.5 Å². The quantitative estimate of drug-likeness (QED) is 0.291. The van der Waals surface area contributed by atoms with Crippen molar-refractivity contribution in [1.82, 2.24) is 20.5 Å². The van der Waals surface area contributed by atoms with E-state index in [1.807, 2.05) is 48.7 Å². The molecule has 47 heavy (non-hydrogen) atoms. The molecule has 11 heteroatoms. The van der Waals surface area contributed by atoms with E-state index in [9.17, 15) is 14.4 Å². The van der Waals surface area contributed by atoms with E-state index in [1.54, 1.807) is 24.1 Å². The number of ether oxygens (including phenoxy) is 4. The van der Waals surface area contributed by atoms with Gasteiger partial charge in [-0.1, -0.05) is 24.3 Å². The van der Waals surface area contributed by atoms with Gasteiger partial charge in [0, 0.05) is 54.7 Å². The number of aromatic nitrogens is 1. The fraction of sp³-hybridized carbons (Fsp3) is 0.361. The van der Waals surface area contributed by atoms with Crippen LogP contribution in [0.5, 0.6) is 23.0 Å². The number of fused-ring (bicyclic) bond motifs is 1. The topological polar surface area (TPSA) is 131 Å². The van der Waals surface area contributed by atoms with Gasteiger partial charge in [0.25, 0.3) is 5.91 Å². The fourth-order valence-corrected chi connectivity index (χ4v) is 6.20. The molecule has 0 saturated carbocycles. The summed E-state index contributed by atoms with van der Waals surface area (Å²) >= 11 is 0. The lowest BCUT2D eigenvalue weighted by Gasteiger charge is -2.22. The second kappa shape index (κ2) is 14.5. The number of amides is 3. The van der Waals surface area contributed by atoms with E-state index in [0.29, 0.717) is 61.9 Å². The Labute approximate surface area is 273 Å². The first-order chi connectivity index (χ1) is 22.9. The monoisotopic (exact) mass is 640 g/mol.